The molecule has 2 aromatic heterocycles. The van der Waals surface area contributed by atoms with Crippen LogP contribution in [-0.4, -0.2) is 43.2 Å². The van der Waals surface area contributed by atoms with Crippen LogP contribution in [0.25, 0.3) is 16.6 Å². The smallest absolute Gasteiger partial charge is 0.230 e. The van der Waals surface area contributed by atoms with Crippen LogP contribution in [0.1, 0.15) is 12.1 Å². The number of imidazole rings is 1. The quantitative estimate of drug-likeness (QED) is 0.728. The number of nitriles is 1. The zero-order valence-corrected chi connectivity index (χ0v) is 14.7. The van der Waals surface area contributed by atoms with Gasteiger partial charge in [-0.2, -0.15) is 10.4 Å². The topological polar surface area (TPSA) is 91.8 Å². The molecular formula is C18H19N7O. The summed E-state index contributed by atoms with van der Waals surface area (Å²) in [6.07, 6.45) is 6.25. The molecule has 0 radical (unpaired) electrons. The maximum absolute atomic E-state index is 12.3. The molecule has 1 N–H and O–H groups in total. The van der Waals surface area contributed by atoms with Crippen molar-refractivity contribution in [3.8, 4) is 11.9 Å². The fourth-order valence-electron chi connectivity index (χ4n) is 3.41. The van der Waals surface area contributed by atoms with Gasteiger partial charge in [0.1, 0.15) is 6.33 Å². The molecule has 1 aliphatic heterocycles. The lowest BCUT2D eigenvalue weighted by Crippen LogP contribution is -2.25. The second-order valence-corrected chi connectivity index (χ2v) is 6.60. The molecule has 1 aromatic carbocycles. The summed E-state index contributed by atoms with van der Waals surface area (Å²) in [4.78, 5) is 18.2. The molecule has 8 heteroatoms. The number of carbonyl (C=O) groups is 1. The van der Waals surface area contributed by atoms with Crippen LogP contribution < -0.4 is 5.32 Å². The van der Waals surface area contributed by atoms with E-state index in [0.717, 1.165) is 22.3 Å². The molecule has 3 aromatic rings. The third-order valence-corrected chi connectivity index (χ3v) is 4.85. The van der Waals surface area contributed by atoms with Gasteiger partial charge in [-0.3, -0.25) is 9.48 Å². The highest BCUT2D eigenvalue weighted by molar-refractivity contribution is 5.92. The monoisotopic (exact) mass is 349 g/mol. The standard InChI is InChI=1S/C18H19N7O/c1-12-15-7-14(3-4-16(15)23(2)22-12)25-9-17(20-11-25)21-18(26)13-5-6-24(8-13)10-19/h3-4,7,9,11,13H,5-6,8H2,1-2H3,(H,21,26)/t13-/m0/s1. The average Bonchev–Trinajstić information content (AvgIpc) is 3.35. The number of benzene rings is 1. The van der Waals surface area contributed by atoms with E-state index in [2.05, 4.69) is 27.7 Å². The van der Waals surface area contributed by atoms with Gasteiger partial charge >= 0.3 is 0 Å². The van der Waals surface area contributed by atoms with E-state index in [1.807, 2.05) is 35.4 Å². The van der Waals surface area contributed by atoms with Crippen molar-refractivity contribution in [3.63, 3.8) is 0 Å². The Morgan fingerprint density at radius 2 is 2.27 bits per heavy atom. The third kappa shape index (κ3) is 2.77. The molecular weight excluding hydrogens is 330 g/mol. The highest BCUT2D eigenvalue weighted by atomic mass is 16.2. The molecule has 0 unspecified atom stereocenters. The number of aromatic nitrogens is 4. The lowest BCUT2D eigenvalue weighted by molar-refractivity contribution is -0.119. The minimum absolute atomic E-state index is 0.0912. The summed E-state index contributed by atoms with van der Waals surface area (Å²) in [5, 5.41) is 17.3. The Bertz CT molecular complexity index is 1030. The van der Waals surface area contributed by atoms with Crippen molar-refractivity contribution < 1.29 is 4.79 Å². The number of rotatable bonds is 3. The Morgan fingerprint density at radius 3 is 3.04 bits per heavy atom. The number of aryl methyl sites for hydroxylation is 2. The van der Waals surface area contributed by atoms with Crippen LogP contribution in [0.15, 0.2) is 30.7 Å². The van der Waals surface area contributed by atoms with Gasteiger partial charge in [-0.05, 0) is 31.5 Å². The Labute approximate surface area is 150 Å². The van der Waals surface area contributed by atoms with Crippen LogP contribution in [0.5, 0.6) is 0 Å². The molecule has 0 bridgehead atoms. The molecule has 1 atom stereocenters. The predicted molar refractivity (Wildman–Crippen MR) is 96.5 cm³/mol. The number of fused-ring (bicyclic) bond motifs is 1. The first-order chi connectivity index (χ1) is 12.5. The van der Waals surface area contributed by atoms with Crippen molar-refractivity contribution in [2.24, 2.45) is 13.0 Å². The van der Waals surface area contributed by atoms with Crippen molar-refractivity contribution in [3.05, 3.63) is 36.4 Å². The highest BCUT2D eigenvalue weighted by Gasteiger charge is 2.28. The molecule has 8 nitrogen and oxygen atoms in total. The number of anilines is 1. The second-order valence-electron chi connectivity index (χ2n) is 6.60. The summed E-state index contributed by atoms with van der Waals surface area (Å²) in [5.41, 5.74) is 3.00. The van der Waals surface area contributed by atoms with E-state index in [1.54, 1.807) is 17.4 Å². The molecule has 0 spiro atoms. The number of hydrogen-bond acceptors (Lipinski definition) is 5. The molecule has 26 heavy (non-hydrogen) atoms. The number of amides is 1. The van der Waals surface area contributed by atoms with Crippen LogP contribution in [-0.2, 0) is 11.8 Å². The largest absolute Gasteiger partial charge is 0.310 e. The van der Waals surface area contributed by atoms with Crippen LogP contribution in [0.2, 0.25) is 0 Å². The van der Waals surface area contributed by atoms with Gasteiger partial charge in [-0.1, -0.05) is 0 Å². The van der Waals surface area contributed by atoms with Gasteiger partial charge in [0, 0.05) is 31.2 Å². The first-order valence-corrected chi connectivity index (χ1v) is 8.48. The van der Waals surface area contributed by atoms with Gasteiger partial charge in [-0.15, -0.1) is 0 Å². The van der Waals surface area contributed by atoms with Gasteiger partial charge in [0.2, 0.25) is 5.91 Å². The predicted octanol–water partition coefficient (Wildman–Crippen LogP) is 1.81. The molecule has 132 valence electrons. The van der Waals surface area contributed by atoms with Crippen molar-refractivity contribution in [2.75, 3.05) is 18.4 Å². The van der Waals surface area contributed by atoms with Crippen molar-refractivity contribution in [1.82, 2.24) is 24.2 Å². The van der Waals surface area contributed by atoms with Crippen molar-refractivity contribution >= 4 is 22.6 Å². The summed E-state index contributed by atoms with van der Waals surface area (Å²) in [6, 6.07) is 6.09. The Balaban J connectivity index is 1.52. The molecule has 3 heterocycles. The SMILES string of the molecule is Cc1nn(C)c2ccc(-n3cnc(NC(=O)[C@H]4CCN(C#N)C4)c3)cc12. The van der Waals surface area contributed by atoms with Gasteiger partial charge < -0.3 is 14.8 Å². The van der Waals surface area contributed by atoms with Gasteiger partial charge in [-0.25, -0.2) is 4.98 Å². The normalized spacial score (nSPS) is 16.8. The number of likely N-dealkylation sites (tertiary alicyclic amines) is 1. The van der Waals surface area contributed by atoms with Crippen molar-refractivity contribution in [2.45, 2.75) is 13.3 Å². The first-order valence-electron chi connectivity index (χ1n) is 8.48. The molecule has 0 saturated carbocycles. The fraction of sp³-hybridized carbons (Fsp3) is 0.333. The van der Waals surface area contributed by atoms with E-state index in [1.165, 1.54) is 0 Å². The summed E-state index contributed by atoms with van der Waals surface area (Å²) >= 11 is 0. The summed E-state index contributed by atoms with van der Waals surface area (Å²) in [5.74, 6) is 0.245. The van der Waals surface area contributed by atoms with E-state index in [9.17, 15) is 4.79 Å². The van der Waals surface area contributed by atoms with Crippen LogP contribution >= 0.6 is 0 Å². The second kappa shape index (κ2) is 6.19. The fourth-order valence-corrected chi connectivity index (χ4v) is 3.41. The zero-order chi connectivity index (χ0) is 18.3. The maximum Gasteiger partial charge on any atom is 0.230 e. The minimum Gasteiger partial charge on any atom is -0.310 e. The van der Waals surface area contributed by atoms with Gasteiger partial charge in [0.05, 0.1) is 23.3 Å². The van der Waals surface area contributed by atoms with E-state index in [-0.39, 0.29) is 11.8 Å². The Kier molecular flexibility index (Phi) is 3.84. The summed E-state index contributed by atoms with van der Waals surface area (Å²) < 4.78 is 3.73. The maximum atomic E-state index is 12.3. The Morgan fingerprint density at radius 1 is 1.42 bits per heavy atom. The average molecular weight is 349 g/mol. The van der Waals surface area contributed by atoms with Gasteiger partial charge in [0.25, 0.3) is 0 Å². The van der Waals surface area contributed by atoms with Crippen molar-refractivity contribution in [1.29, 1.82) is 5.26 Å². The number of carbonyl (C=O) groups excluding carboxylic acids is 1. The lowest BCUT2D eigenvalue weighted by atomic mass is 10.1. The Hall–Kier alpha value is -3.34. The minimum atomic E-state index is -0.172. The lowest BCUT2D eigenvalue weighted by Gasteiger charge is -2.08. The first kappa shape index (κ1) is 16.1. The third-order valence-electron chi connectivity index (χ3n) is 4.85. The molecule has 1 aliphatic rings. The molecule has 4 rings (SSSR count). The molecule has 0 aliphatic carbocycles. The zero-order valence-electron chi connectivity index (χ0n) is 14.7. The summed E-state index contributed by atoms with van der Waals surface area (Å²) in [6.45, 7) is 3.09. The van der Waals surface area contributed by atoms with E-state index >= 15 is 0 Å². The number of nitrogens with one attached hydrogen (secondary N) is 1. The summed E-state index contributed by atoms with van der Waals surface area (Å²) in [7, 11) is 1.93. The van der Waals surface area contributed by atoms with E-state index in [0.29, 0.717) is 25.3 Å². The highest BCUT2D eigenvalue weighted by Crippen LogP contribution is 2.22. The van der Waals surface area contributed by atoms with E-state index in [4.69, 9.17) is 5.26 Å². The van der Waals surface area contributed by atoms with Crippen LogP contribution in [0.3, 0.4) is 0 Å². The molecule has 1 saturated heterocycles. The van der Waals surface area contributed by atoms with Gasteiger partial charge in [0.15, 0.2) is 12.0 Å². The number of nitrogens with zero attached hydrogens (tertiary/aromatic N) is 6. The van der Waals surface area contributed by atoms with Crippen LogP contribution in [0, 0.1) is 24.3 Å². The number of hydrogen-bond donors (Lipinski definition) is 1. The molecule has 1 amide bonds. The van der Waals surface area contributed by atoms with E-state index < -0.39 is 0 Å². The van der Waals surface area contributed by atoms with Crippen LogP contribution in [0.4, 0.5) is 5.82 Å². The molecule has 1 fully saturated rings.